The van der Waals surface area contributed by atoms with Gasteiger partial charge in [-0.2, -0.15) is 0 Å². The summed E-state index contributed by atoms with van der Waals surface area (Å²) in [6, 6.07) is 7.81. The third-order valence-corrected chi connectivity index (χ3v) is 19.0. The number of aromatic nitrogens is 1. The van der Waals surface area contributed by atoms with Crippen LogP contribution in [0.2, 0.25) is 0 Å². The number of aromatic hydroxyl groups is 1. The fraction of sp³-hybridized carbons (Fsp3) is 0.508. The zero-order valence-corrected chi connectivity index (χ0v) is 58.2. The largest absolute Gasteiger partial charge is 2.00 e. The molecule has 555 valence electrons. The number of H-pyrrole nitrogens is 1. The maximum atomic E-state index is 15.3. The van der Waals surface area contributed by atoms with E-state index >= 15 is 14.4 Å². The number of para-hydroxylation sites is 1. The van der Waals surface area contributed by atoms with Gasteiger partial charge in [-0.25, -0.2) is 4.79 Å². The van der Waals surface area contributed by atoms with Crippen molar-refractivity contribution in [2.75, 3.05) is 96.6 Å². The average molecular weight is 1500 g/mol. The first-order valence-electron chi connectivity index (χ1n) is 32.5. The molecule has 3 aromatic carbocycles. The van der Waals surface area contributed by atoms with Crippen molar-refractivity contribution in [3.05, 3.63) is 102 Å². The summed E-state index contributed by atoms with van der Waals surface area (Å²) in [5.74, 6) is -14.6. The number of phenolic OH excluding ortho intramolecular Hbond substituents is 1. The number of aromatic amines is 1. The first-order chi connectivity index (χ1) is 47.7. The maximum absolute atomic E-state index is 15.3. The van der Waals surface area contributed by atoms with Crippen LogP contribution in [0.5, 0.6) is 5.75 Å². The quantitative estimate of drug-likeness (QED) is 0.0158. The van der Waals surface area contributed by atoms with Gasteiger partial charge in [0.25, 0.3) is 0 Å². The number of fused-ring (bicyclic) bond motifs is 1. The molecule has 4 aromatic rings. The van der Waals surface area contributed by atoms with Crippen molar-refractivity contribution in [1.82, 2.24) is 67.1 Å². The summed E-state index contributed by atoms with van der Waals surface area (Å²) in [6.45, 7) is 0.689. The molecule has 6 rings (SSSR count). The Hall–Kier alpha value is -8.42. The molecule has 8 amide bonds. The Bertz CT molecular complexity index is 3420. The number of rotatable bonds is 26. The molecular formula is C65H88CuN14O19S2. The van der Waals surface area contributed by atoms with Crippen molar-refractivity contribution in [1.29, 1.82) is 0 Å². The number of nitrogens with one attached hydrogen (secondary N) is 9. The Morgan fingerprint density at radius 2 is 1.15 bits per heavy atom. The number of unbranched alkanes of at least 4 members (excludes halogenated alkanes) is 1. The topological polar surface area (TPSA) is 503 Å². The SMILES string of the molecule is C[C@@H](O)C1NC(=O)[C@H](CCCCN)NC(=O)[C@@H](Cc2c[nH]c3ccccc23)NC(=O)C(Cc2ccc(O)cc2)NC(=O)[C@@H](NC(=O)[C@@H](Cc2ccccc2)NC(=O)CN2CCN(CC(=O)[O-])CCN(CC(=O)[O-])CCN(CC(=O)O)CC2)CSSCC(C(=O)N[C@H](C(=O)O)[C@@H](C)O)NC1=O.[64Cu+2]. The molecule has 2 fully saturated rings. The Morgan fingerprint density at radius 1 is 0.614 bits per heavy atom. The van der Waals surface area contributed by atoms with E-state index in [9.17, 15) is 78.9 Å². The molecule has 2 aliphatic rings. The molecule has 10 atom stereocenters. The molecule has 2 saturated heterocycles. The fourth-order valence-electron chi connectivity index (χ4n) is 11.1. The van der Waals surface area contributed by atoms with Crippen molar-refractivity contribution in [3.63, 3.8) is 0 Å². The van der Waals surface area contributed by atoms with E-state index in [2.05, 4.69) is 47.5 Å². The van der Waals surface area contributed by atoms with Gasteiger partial charge in [-0.15, -0.1) is 0 Å². The molecule has 16 N–H and O–H groups in total. The zero-order chi connectivity index (χ0) is 73.0. The molecule has 1 aromatic heterocycles. The number of aliphatic hydroxyl groups excluding tert-OH is 2. The van der Waals surface area contributed by atoms with Gasteiger partial charge in [-0.3, -0.25) is 62.8 Å². The third kappa shape index (κ3) is 28.1. The third-order valence-electron chi connectivity index (χ3n) is 16.5. The molecule has 36 heteroatoms. The molecular weight excluding hydrogens is 1410 g/mol. The zero-order valence-electron chi connectivity index (χ0n) is 55.6. The number of aliphatic carboxylic acids is 4. The minimum atomic E-state index is -1.91. The number of benzene rings is 3. The minimum Gasteiger partial charge on any atom is -0.549 e. The Labute approximate surface area is 600 Å². The second-order valence-electron chi connectivity index (χ2n) is 24.4. The summed E-state index contributed by atoms with van der Waals surface area (Å²) in [5, 5.41) is 96.5. The smallest absolute Gasteiger partial charge is 0.549 e. The van der Waals surface area contributed by atoms with Gasteiger partial charge in [0.05, 0.1) is 37.2 Å². The van der Waals surface area contributed by atoms with Gasteiger partial charge < -0.3 is 98.6 Å². The number of carboxylic acid groups (broad SMARTS) is 4. The van der Waals surface area contributed by atoms with Crippen molar-refractivity contribution in [2.45, 2.75) is 113 Å². The maximum Gasteiger partial charge on any atom is 2.00 e. The van der Waals surface area contributed by atoms with Crippen LogP contribution < -0.4 is 58.5 Å². The Balaban J connectivity index is 0.0000184. The van der Waals surface area contributed by atoms with E-state index in [1.54, 1.807) is 65.7 Å². The summed E-state index contributed by atoms with van der Waals surface area (Å²) < 4.78 is 0. The number of phenols is 1. The molecule has 0 spiro atoms. The monoisotopic (exact) mass is 1500 g/mol. The number of aliphatic hydroxyl groups is 2. The number of carbonyl (C=O) groups is 12. The fourth-order valence-corrected chi connectivity index (χ4v) is 13.4. The van der Waals surface area contributed by atoms with Crippen LogP contribution in [0, 0.1) is 0 Å². The number of hydrogen-bond donors (Lipinski definition) is 15. The van der Waals surface area contributed by atoms with Crippen LogP contribution in [-0.2, 0) is 93.9 Å². The molecule has 2 aliphatic heterocycles. The van der Waals surface area contributed by atoms with Crippen LogP contribution in [0.15, 0.2) is 85.1 Å². The standard InChI is InChI=1S/C65H90N14O19S2.Cu/c1-38(80)56-64(96)73-51(63(95)75-57(39(2)81)65(97)98)37-100-99-36-50(72-59(91)47(28-40-10-4-3-5-11-40)68-52(83)32-76-20-22-77(33-53(84)85)24-26-79(35-55(88)89)27-25-78(23-21-76)34-54(86)87)62(94)70-48(29-41-15-17-43(82)18-16-41)60(92)71-49(30-42-31-67-45-13-7-6-12-44(42)45)61(93)69-46(58(90)74-56)14-8-9-19-66;/h3-7,10-13,15-18,31,38-39,46-51,56-57,67,80-82H,8-9,14,19-30,32-37,66H2,1-2H3,(H,68,83)(H,69,93)(H,70,94)(H,71,92)(H,72,91)(H,73,96)(H,74,90)(H,75,95)(H,84,85)(H,86,87)(H,88,89)(H,97,98);/q;+2/p-2/t38-,39-,46+,47-,48?,49-,50+,51?,56?,57+;/m1./s1/i;1+0. The summed E-state index contributed by atoms with van der Waals surface area (Å²) in [6.07, 6.45) is -1.96. The normalized spacial score (nSPS) is 21.7. The van der Waals surface area contributed by atoms with Gasteiger partial charge in [0, 0.05) is 113 Å². The molecule has 0 aliphatic carbocycles. The number of nitrogens with two attached hydrogens (primary N) is 1. The second kappa shape index (κ2) is 42.1. The number of hydrogen-bond acceptors (Lipinski definition) is 24. The van der Waals surface area contributed by atoms with Gasteiger partial charge in [0.1, 0.15) is 48.0 Å². The van der Waals surface area contributed by atoms with Gasteiger partial charge >= 0.3 is 29.0 Å². The average Bonchev–Trinajstić information content (AvgIpc) is 1.79. The number of nitrogens with zero attached hydrogens (tertiary/aromatic N) is 4. The van der Waals surface area contributed by atoms with Crippen LogP contribution >= 0.6 is 21.6 Å². The van der Waals surface area contributed by atoms with Gasteiger partial charge in [-0.1, -0.05) is 82.3 Å². The Morgan fingerprint density at radius 3 is 1.71 bits per heavy atom. The predicted molar refractivity (Wildman–Crippen MR) is 362 cm³/mol. The van der Waals surface area contributed by atoms with Crippen LogP contribution in [0.25, 0.3) is 10.9 Å². The van der Waals surface area contributed by atoms with Crippen LogP contribution in [0.3, 0.4) is 0 Å². The molecule has 33 nitrogen and oxygen atoms in total. The van der Waals surface area contributed by atoms with Crippen LogP contribution in [0.4, 0.5) is 0 Å². The number of carbonyl (C=O) groups excluding carboxylic acids is 10. The van der Waals surface area contributed by atoms with E-state index < -0.39 is 169 Å². The summed E-state index contributed by atoms with van der Waals surface area (Å²) in [7, 11) is 1.65. The van der Waals surface area contributed by atoms with Crippen molar-refractivity contribution in [3.8, 4) is 5.75 Å². The molecule has 1 radical (unpaired) electrons. The summed E-state index contributed by atoms with van der Waals surface area (Å²) in [5.41, 5.74) is 7.94. The predicted octanol–water partition coefficient (Wildman–Crippen LogP) is -6.05. The molecule has 0 bridgehead atoms. The minimum absolute atomic E-state index is 0. The second-order valence-corrected chi connectivity index (χ2v) is 27.0. The van der Waals surface area contributed by atoms with Crippen molar-refractivity contribution in [2.24, 2.45) is 5.73 Å². The van der Waals surface area contributed by atoms with Crippen LogP contribution in [-0.4, -0.2) is 278 Å². The van der Waals surface area contributed by atoms with E-state index in [1.165, 1.54) is 39.0 Å². The summed E-state index contributed by atoms with van der Waals surface area (Å²) in [4.78, 5) is 175. The van der Waals surface area contributed by atoms with E-state index in [0.717, 1.165) is 35.4 Å². The molecule has 3 unspecified atom stereocenters. The van der Waals surface area contributed by atoms with Crippen molar-refractivity contribution >= 4 is 104 Å². The van der Waals surface area contributed by atoms with Gasteiger partial charge in [0.15, 0.2) is 6.04 Å². The summed E-state index contributed by atoms with van der Waals surface area (Å²) >= 11 is 0. The van der Waals surface area contributed by atoms with Crippen molar-refractivity contribution < 1.29 is 110 Å². The van der Waals surface area contributed by atoms with E-state index in [0.29, 0.717) is 34.0 Å². The molecule has 0 saturated carbocycles. The number of amides is 8. The molecule has 3 heterocycles. The number of carboxylic acids is 4. The van der Waals surface area contributed by atoms with E-state index in [1.807, 2.05) is 0 Å². The molecule has 101 heavy (non-hydrogen) atoms. The van der Waals surface area contributed by atoms with E-state index in [4.69, 9.17) is 5.73 Å². The van der Waals surface area contributed by atoms with Gasteiger partial charge in [0.2, 0.25) is 47.3 Å². The Kier molecular flexibility index (Phi) is 34.7. The van der Waals surface area contributed by atoms with E-state index in [-0.39, 0.29) is 114 Å². The first kappa shape index (κ1) is 83.2. The van der Waals surface area contributed by atoms with Crippen LogP contribution in [0.1, 0.15) is 49.8 Å². The first-order valence-corrected chi connectivity index (χ1v) is 35.0. The van der Waals surface area contributed by atoms with Gasteiger partial charge in [-0.05, 0) is 74.5 Å².